The second-order valence-corrected chi connectivity index (χ2v) is 5.84. The van der Waals surface area contributed by atoms with Crippen LogP contribution in [-0.2, 0) is 17.8 Å². The van der Waals surface area contributed by atoms with E-state index in [0.29, 0.717) is 30.0 Å². The molecule has 2 heterocycles. The van der Waals surface area contributed by atoms with Gasteiger partial charge in [0, 0.05) is 24.8 Å². The molecule has 2 aromatic rings. The fraction of sp³-hybridized carbons (Fsp3) is 0.222. The average molecular weight is 324 g/mol. The maximum atomic E-state index is 12.3. The molecule has 2 amide bonds. The number of hydrogen-bond donors (Lipinski definition) is 1. The molecule has 0 saturated carbocycles. The normalized spacial score (nSPS) is 14.7. The molecule has 0 fully saturated rings. The summed E-state index contributed by atoms with van der Waals surface area (Å²) in [6.07, 6.45) is 0.412. The number of fused-ring (bicyclic) bond motifs is 2. The number of ether oxygens (including phenoxy) is 2. The van der Waals surface area contributed by atoms with E-state index in [1.165, 1.54) is 0 Å². The third kappa shape index (κ3) is 2.46. The molecule has 122 valence electrons. The first-order chi connectivity index (χ1) is 11.6. The van der Waals surface area contributed by atoms with Crippen molar-refractivity contribution < 1.29 is 19.1 Å². The smallest absolute Gasteiger partial charge is 0.251 e. The zero-order chi connectivity index (χ0) is 16.7. The summed E-state index contributed by atoms with van der Waals surface area (Å²) in [4.78, 5) is 25.7. The van der Waals surface area contributed by atoms with E-state index in [2.05, 4.69) is 5.32 Å². The van der Waals surface area contributed by atoms with Crippen LogP contribution in [0.2, 0.25) is 0 Å². The molecule has 0 saturated heterocycles. The van der Waals surface area contributed by atoms with E-state index < -0.39 is 0 Å². The van der Waals surface area contributed by atoms with Crippen LogP contribution in [0, 0.1) is 0 Å². The van der Waals surface area contributed by atoms with Crippen molar-refractivity contribution in [2.75, 3.05) is 18.7 Å². The van der Waals surface area contributed by atoms with Crippen molar-refractivity contribution in [2.45, 2.75) is 13.0 Å². The quantitative estimate of drug-likeness (QED) is 0.936. The van der Waals surface area contributed by atoms with Crippen molar-refractivity contribution >= 4 is 17.5 Å². The van der Waals surface area contributed by atoms with Crippen LogP contribution in [0.4, 0.5) is 5.69 Å². The lowest BCUT2D eigenvalue weighted by atomic mass is 10.1. The van der Waals surface area contributed by atoms with Crippen LogP contribution in [0.3, 0.4) is 0 Å². The first-order valence-corrected chi connectivity index (χ1v) is 7.68. The van der Waals surface area contributed by atoms with Crippen LogP contribution >= 0.6 is 0 Å². The molecule has 0 aliphatic carbocycles. The Morgan fingerprint density at radius 3 is 2.88 bits per heavy atom. The second-order valence-electron chi connectivity index (χ2n) is 5.84. The van der Waals surface area contributed by atoms with Crippen LogP contribution in [0.25, 0.3) is 0 Å². The summed E-state index contributed by atoms with van der Waals surface area (Å²) < 4.78 is 10.5. The minimum atomic E-state index is -0.179. The Labute approximate surface area is 139 Å². The highest BCUT2D eigenvalue weighted by molar-refractivity contribution is 6.01. The van der Waals surface area contributed by atoms with Gasteiger partial charge in [0.1, 0.15) is 0 Å². The SMILES string of the molecule is CN1C(=O)Cc2cc(CNC(=O)c3ccc4c(c3)OCO4)ccc21. The van der Waals surface area contributed by atoms with E-state index in [1.54, 1.807) is 30.1 Å². The second kappa shape index (κ2) is 5.56. The van der Waals surface area contributed by atoms with Gasteiger partial charge in [-0.05, 0) is 35.4 Å². The molecule has 0 bridgehead atoms. The van der Waals surface area contributed by atoms with E-state index in [1.807, 2.05) is 18.2 Å². The zero-order valence-corrected chi connectivity index (χ0v) is 13.2. The standard InChI is InChI=1S/C18H16N2O4/c1-20-14-4-2-11(6-13(14)8-17(20)21)9-19-18(22)12-3-5-15-16(7-12)24-10-23-15/h2-7H,8-10H2,1H3,(H,19,22). The monoisotopic (exact) mass is 324 g/mol. The Bertz CT molecular complexity index is 847. The predicted octanol–water partition coefficient (Wildman–Crippen LogP) is 1.86. The molecule has 0 aromatic heterocycles. The number of amides is 2. The minimum Gasteiger partial charge on any atom is -0.454 e. The Morgan fingerprint density at radius 2 is 2.00 bits per heavy atom. The van der Waals surface area contributed by atoms with Crippen molar-refractivity contribution in [1.29, 1.82) is 0 Å². The van der Waals surface area contributed by atoms with Crippen LogP contribution < -0.4 is 19.7 Å². The van der Waals surface area contributed by atoms with Gasteiger partial charge >= 0.3 is 0 Å². The van der Waals surface area contributed by atoms with Gasteiger partial charge in [-0.3, -0.25) is 9.59 Å². The number of carbonyl (C=O) groups excluding carboxylic acids is 2. The topological polar surface area (TPSA) is 67.9 Å². The number of benzene rings is 2. The number of nitrogens with one attached hydrogen (secondary N) is 1. The molecule has 2 aliphatic rings. The number of likely N-dealkylation sites (N-methyl/N-ethyl adjacent to an activating group) is 1. The third-order valence-electron chi connectivity index (χ3n) is 4.31. The van der Waals surface area contributed by atoms with Gasteiger partial charge in [-0.25, -0.2) is 0 Å². The first kappa shape index (κ1) is 14.6. The molecule has 6 heteroatoms. The third-order valence-corrected chi connectivity index (χ3v) is 4.31. The molecule has 2 aliphatic heterocycles. The lowest BCUT2D eigenvalue weighted by Crippen LogP contribution is -2.22. The van der Waals surface area contributed by atoms with Gasteiger partial charge < -0.3 is 19.7 Å². The molecule has 4 rings (SSSR count). The van der Waals surface area contributed by atoms with Crippen LogP contribution in [0.15, 0.2) is 36.4 Å². The van der Waals surface area contributed by atoms with Crippen LogP contribution in [0.5, 0.6) is 11.5 Å². The average Bonchev–Trinajstić information content (AvgIpc) is 3.16. The van der Waals surface area contributed by atoms with E-state index in [0.717, 1.165) is 16.8 Å². The fourth-order valence-corrected chi connectivity index (χ4v) is 2.96. The van der Waals surface area contributed by atoms with Crippen molar-refractivity contribution in [3.05, 3.63) is 53.1 Å². The van der Waals surface area contributed by atoms with Gasteiger partial charge in [-0.2, -0.15) is 0 Å². The van der Waals surface area contributed by atoms with E-state index in [9.17, 15) is 9.59 Å². The Morgan fingerprint density at radius 1 is 1.17 bits per heavy atom. The lowest BCUT2D eigenvalue weighted by Gasteiger charge is -2.11. The maximum absolute atomic E-state index is 12.3. The van der Waals surface area contributed by atoms with Crippen molar-refractivity contribution in [3.8, 4) is 11.5 Å². The summed E-state index contributed by atoms with van der Waals surface area (Å²) in [7, 11) is 1.77. The summed E-state index contributed by atoms with van der Waals surface area (Å²) in [5.41, 5.74) is 3.42. The Hall–Kier alpha value is -3.02. The minimum absolute atomic E-state index is 0.0894. The molecule has 24 heavy (non-hydrogen) atoms. The zero-order valence-electron chi connectivity index (χ0n) is 13.2. The fourth-order valence-electron chi connectivity index (χ4n) is 2.96. The van der Waals surface area contributed by atoms with Crippen LogP contribution in [0.1, 0.15) is 21.5 Å². The lowest BCUT2D eigenvalue weighted by molar-refractivity contribution is -0.117. The number of carbonyl (C=O) groups is 2. The molecule has 0 radical (unpaired) electrons. The van der Waals surface area contributed by atoms with Crippen molar-refractivity contribution in [1.82, 2.24) is 5.32 Å². The number of rotatable bonds is 3. The molecule has 2 aromatic carbocycles. The highest BCUT2D eigenvalue weighted by Gasteiger charge is 2.23. The molecule has 6 nitrogen and oxygen atoms in total. The molecular weight excluding hydrogens is 308 g/mol. The van der Waals surface area contributed by atoms with Gasteiger partial charge in [-0.1, -0.05) is 12.1 Å². The van der Waals surface area contributed by atoms with Gasteiger partial charge in [0.25, 0.3) is 5.91 Å². The van der Waals surface area contributed by atoms with Gasteiger partial charge in [0.2, 0.25) is 12.7 Å². The molecule has 0 atom stereocenters. The highest BCUT2D eigenvalue weighted by Crippen LogP contribution is 2.32. The van der Waals surface area contributed by atoms with E-state index in [-0.39, 0.29) is 18.6 Å². The van der Waals surface area contributed by atoms with Gasteiger partial charge in [0.15, 0.2) is 11.5 Å². The molecular formula is C18H16N2O4. The number of hydrogen-bond acceptors (Lipinski definition) is 4. The molecule has 1 N–H and O–H groups in total. The summed E-state index contributed by atoms with van der Waals surface area (Å²) in [6.45, 7) is 0.584. The summed E-state index contributed by atoms with van der Waals surface area (Å²) in [5, 5.41) is 2.89. The van der Waals surface area contributed by atoms with Crippen molar-refractivity contribution in [2.24, 2.45) is 0 Å². The van der Waals surface area contributed by atoms with Crippen molar-refractivity contribution in [3.63, 3.8) is 0 Å². The largest absolute Gasteiger partial charge is 0.454 e. The first-order valence-electron chi connectivity index (χ1n) is 7.68. The van der Waals surface area contributed by atoms with E-state index in [4.69, 9.17) is 9.47 Å². The number of nitrogens with zero attached hydrogens (tertiary/aromatic N) is 1. The summed E-state index contributed by atoms with van der Waals surface area (Å²) in [5.74, 6) is 1.15. The van der Waals surface area contributed by atoms with E-state index >= 15 is 0 Å². The van der Waals surface area contributed by atoms with Gasteiger partial charge in [0.05, 0.1) is 6.42 Å². The summed E-state index contributed by atoms with van der Waals surface area (Å²) in [6, 6.07) is 10.9. The Balaban J connectivity index is 1.45. The molecule has 0 spiro atoms. The highest BCUT2D eigenvalue weighted by atomic mass is 16.7. The Kier molecular flexibility index (Phi) is 3.37. The number of anilines is 1. The maximum Gasteiger partial charge on any atom is 0.251 e. The molecule has 0 unspecified atom stereocenters. The predicted molar refractivity (Wildman–Crippen MR) is 87.3 cm³/mol. The van der Waals surface area contributed by atoms with Gasteiger partial charge in [-0.15, -0.1) is 0 Å². The van der Waals surface area contributed by atoms with Crippen LogP contribution in [-0.4, -0.2) is 25.7 Å². The summed E-state index contributed by atoms with van der Waals surface area (Å²) >= 11 is 0.